The van der Waals surface area contributed by atoms with Gasteiger partial charge in [0.1, 0.15) is 0 Å². The molecule has 0 radical (unpaired) electrons. The third kappa shape index (κ3) is 2.49. The van der Waals surface area contributed by atoms with Gasteiger partial charge in [0.25, 0.3) is 0 Å². The molecular formula is C12H18N2O3S. The van der Waals surface area contributed by atoms with Crippen LogP contribution in [0.1, 0.15) is 28.9 Å². The Hall–Kier alpha value is -1.14. The Morgan fingerprint density at radius 1 is 1.33 bits per heavy atom. The van der Waals surface area contributed by atoms with Crippen LogP contribution in [0.4, 0.5) is 0 Å². The van der Waals surface area contributed by atoms with Gasteiger partial charge >= 0.3 is 0 Å². The number of ketones is 1. The lowest BCUT2D eigenvalue weighted by molar-refractivity contribution is 0.0972. The van der Waals surface area contributed by atoms with Gasteiger partial charge in [-0.2, -0.15) is 0 Å². The van der Waals surface area contributed by atoms with Gasteiger partial charge in [-0.1, -0.05) is 0 Å². The molecule has 0 spiro atoms. The summed E-state index contributed by atoms with van der Waals surface area (Å²) in [4.78, 5) is 11.7. The highest BCUT2D eigenvalue weighted by molar-refractivity contribution is 7.89. The molecule has 6 heteroatoms. The molecule has 100 valence electrons. The summed E-state index contributed by atoms with van der Waals surface area (Å²) in [6.45, 7) is 0.406. The zero-order valence-electron chi connectivity index (χ0n) is 10.7. The Morgan fingerprint density at radius 3 is 2.72 bits per heavy atom. The lowest BCUT2D eigenvalue weighted by atomic mass is 9.97. The summed E-state index contributed by atoms with van der Waals surface area (Å²) in [6, 6.07) is 1.80. The fourth-order valence-electron chi connectivity index (χ4n) is 2.19. The van der Waals surface area contributed by atoms with Gasteiger partial charge in [-0.3, -0.25) is 4.79 Å². The molecule has 1 aliphatic carbocycles. The van der Waals surface area contributed by atoms with E-state index >= 15 is 0 Å². The lowest BCUT2D eigenvalue weighted by Gasteiger charge is -2.16. The standard InChI is InChI=1S/C12H18N2O3S/c1-13(2)18(16,17)9-8-14-7-6-10-11(14)4-3-5-12(10)15/h6-7H,3-5,8-9H2,1-2H3. The van der Waals surface area contributed by atoms with Crippen molar-refractivity contribution in [1.82, 2.24) is 8.87 Å². The van der Waals surface area contributed by atoms with Crippen LogP contribution in [0.2, 0.25) is 0 Å². The molecule has 0 atom stereocenters. The largest absolute Gasteiger partial charge is 0.350 e. The van der Waals surface area contributed by atoms with Crippen LogP contribution in [-0.2, 0) is 23.0 Å². The molecule has 0 aromatic carbocycles. The smallest absolute Gasteiger partial charge is 0.215 e. The molecule has 0 unspecified atom stereocenters. The average Bonchev–Trinajstić information content (AvgIpc) is 2.71. The first-order valence-electron chi connectivity index (χ1n) is 6.03. The van der Waals surface area contributed by atoms with Crippen LogP contribution >= 0.6 is 0 Å². The summed E-state index contributed by atoms with van der Waals surface area (Å²) in [5.74, 6) is 0.237. The van der Waals surface area contributed by atoms with Crippen molar-refractivity contribution in [3.05, 3.63) is 23.5 Å². The van der Waals surface area contributed by atoms with Crippen LogP contribution in [0.25, 0.3) is 0 Å². The van der Waals surface area contributed by atoms with E-state index in [0.29, 0.717) is 13.0 Å². The van der Waals surface area contributed by atoms with E-state index in [9.17, 15) is 13.2 Å². The molecule has 2 rings (SSSR count). The lowest BCUT2D eigenvalue weighted by Crippen LogP contribution is -2.27. The zero-order valence-corrected chi connectivity index (χ0v) is 11.5. The molecule has 0 amide bonds. The Morgan fingerprint density at radius 2 is 2.06 bits per heavy atom. The highest BCUT2D eigenvalue weighted by Gasteiger charge is 2.21. The quantitative estimate of drug-likeness (QED) is 0.816. The number of sulfonamides is 1. The second-order valence-corrected chi connectivity index (χ2v) is 7.05. The fourth-order valence-corrected chi connectivity index (χ4v) is 2.99. The number of rotatable bonds is 4. The number of hydrogen-bond acceptors (Lipinski definition) is 3. The highest BCUT2D eigenvalue weighted by atomic mass is 32.2. The summed E-state index contributed by atoms with van der Waals surface area (Å²) in [6.07, 6.45) is 4.14. The predicted molar refractivity (Wildman–Crippen MR) is 69.2 cm³/mol. The van der Waals surface area contributed by atoms with E-state index in [1.807, 2.05) is 10.8 Å². The minimum atomic E-state index is -3.19. The summed E-state index contributed by atoms with van der Waals surface area (Å²) < 4.78 is 26.5. The van der Waals surface area contributed by atoms with E-state index in [1.165, 1.54) is 18.4 Å². The molecule has 1 aromatic rings. The van der Waals surface area contributed by atoms with Gasteiger partial charge in [0.15, 0.2) is 5.78 Å². The number of carbonyl (C=O) groups excluding carboxylic acids is 1. The predicted octanol–water partition coefficient (Wildman–Crippen LogP) is 0.898. The molecule has 0 saturated carbocycles. The van der Waals surface area contributed by atoms with E-state index in [1.54, 1.807) is 6.07 Å². The van der Waals surface area contributed by atoms with Crippen LogP contribution in [0.3, 0.4) is 0 Å². The first-order valence-corrected chi connectivity index (χ1v) is 7.64. The van der Waals surface area contributed by atoms with Crippen molar-refractivity contribution in [2.45, 2.75) is 25.8 Å². The van der Waals surface area contributed by atoms with E-state index < -0.39 is 10.0 Å². The molecule has 0 fully saturated rings. The second kappa shape index (κ2) is 4.85. The Balaban J connectivity index is 2.15. The van der Waals surface area contributed by atoms with Crippen molar-refractivity contribution in [2.75, 3.05) is 19.8 Å². The number of aromatic nitrogens is 1. The Kier molecular flexibility index (Phi) is 3.59. The third-order valence-electron chi connectivity index (χ3n) is 3.34. The maximum Gasteiger partial charge on any atom is 0.215 e. The summed E-state index contributed by atoms with van der Waals surface area (Å²) in [7, 11) is -0.123. The van der Waals surface area contributed by atoms with Crippen molar-refractivity contribution in [3.8, 4) is 0 Å². The number of carbonyl (C=O) groups is 1. The van der Waals surface area contributed by atoms with Gasteiger partial charge < -0.3 is 4.57 Å². The molecule has 1 aromatic heterocycles. The molecule has 0 bridgehead atoms. The zero-order chi connectivity index (χ0) is 13.3. The number of nitrogens with zero attached hydrogens (tertiary/aromatic N) is 2. The number of Topliss-reactive ketones (excluding diaryl/α,β-unsaturated/α-hetero) is 1. The van der Waals surface area contributed by atoms with Gasteiger partial charge in [-0.25, -0.2) is 12.7 Å². The van der Waals surface area contributed by atoms with E-state index in [2.05, 4.69) is 0 Å². The average molecular weight is 270 g/mol. The van der Waals surface area contributed by atoms with Crippen LogP contribution in [-0.4, -0.2) is 42.9 Å². The van der Waals surface area contributed by atoms with Gasteiger partial charge in [0.05, 0.1) is 5.75 Å². The van der Waals surface area contributed by atoms with E-state index in [4.69, 9.17) is 0 Å². The molecule has 1 heterocycles. The highest BCUT2D eigenvalue weighted by Crippen LogP contribution is 2.22. The van der Waals surface area contributed by atoms with Crippen molar-refractivity contribution in [1.29, 1.82) is 0 Å². The molecular weight excluding hydrogens is 252 g/mol. The van der Waals surface area contributed by atoms with Crippen LogP contribution in [0.15, 0.2) is 12.3 Å². The SMILES string of the molecule is CN(C)S(=O)(=O)CCn1ccc2c1CCCC2=O. The van der Waals surface area contributed by atoms with Crippen molar-refractivity contribution >= 4 is 15.8 Å². The minimum absolute atomic E-state index is 0.0648. The molecule has 0 aliphatic heterocycles. The molecule has 5 nitrogen and oxygen atoms in total. The molecule has 0 saturated heterocycles. The number of fused-ring (bicyclic) bond motifs is 1. The van der Waals surface area contributed by atoms with Gasteiger partial charge in [-0.15, -0.1) is 0 Å². The number of aryl methyl sites for hydroxylation is 1. The maximum atomic E-state index is 11.7. The van der Waals surface area contributed by atoms with Crippen LogP contribution in [0, 0.1) is 0 Å². The molecule has 1 aliphatic rings. The minimum Gasteiger partial charge on any atom is -0.350 e. The first-order chi connectivity index (χ1) is 8.42. The van der Waals surface area contributed by atoms with Gasteiger partial charge in [-0.05, 0) is 18.9 Å². The fraction of sp³-hybridized carbons (Fsp3) is 0.583. The van der Waals surface area contributed by atoms with Gasteiger partial charge in [0.2, 0.25) is 10.0 Å². The van der Waals surface area contributed by atoms with Gasteiger partial charge in [0, 0.05) is 44.5 Å². The number of hydrogen-bond donors (Lipinski definition) is 0. The van der Waals surface area contributed by atoms with E-state index in [-0.39, 0.29) is 11.5 Å². The third-order valence-corrected chi connectivity index (χ3v) is 5.15. The van der Waals surface area contributed by atoms with Crippen molar-refractivity contribution in [3.63, 3.8) is 0 Å². The van der Waals surface area contributed by atoms with Crippen LogP contribution < -0.4 is 0 Å². The normalized spacial score (nSPS) is 16.1. The summed E-state index contributed by atoms with van der Waals surface area (Å²) in [5, 5.41) is 0. The maximum absolute atomic E-state index is 11.7. The monoisotopic (exact) mass is 270 g/mol. The summed E-state index contributed by atoms with van der Waals surface area (Å²) >= 11 is 0. The summed E-state index contributed by atoms with van der Waals surface area (Å²) in [5.41, 5.74) is 1.75. The Labute approximate surface area is 107 Å². The first kappa shape index (κ1) is 13.3. The second-order valence-electron chi connectivity index (χ2n) is 4.74. The van der Waals surface area contributed by atoms with Crippen molar-refractivity contribution in [2.24, 2.45) is 0 Å². The topological polar surface area (TPSA) is 59.4 Å². The molecule has 0 N–H and O–H groups in total. The Bertz CT molecular complexity index is 558. The van der Waals surface area contributed by atoms with Crippen LogP contribution in [0.5, 0.6) is 0 Å². The van der Waals surface area contributed by atoms with Crippen molar-refractivity contribution < 1.29 is 13.2 Å². The van der Waals surface area contributed by atoms with E-state index in [0.717, 1.165) is 24.1 Å². The molecule has 18 heavy (non-hydrogen) atoms.